The number of nitrogens with one attached hydrogen (secondary N) is 2. The van der Waals surface area contributed by atoms with Gasteiger partial charge in [0.1, 0.15) is 5.75 Å². The van der Waals surface area contributed by atoms with Crippen LogP contribution in [0.15, 0.2) is 42.6 Å². The third-order valence-electron chi connectivity index (χ3n) is 3.77. The Morgan fingerprint density at radius 3 is 2.78 bits per heavy atom. The standard InChI is InChI=1S/C19H19ClN4O3/c1-11-6-13(4-5-21-11)19(27-12(2)25)17-10-18(24-23-17)22-15-7-14(20)8-16(9-15)26-3/h4-10,19H,1-3H3,(H2,22,23,24). The Hall–Kier alpha value is -3.06. The fourth-order valence-corrected chi connectivity index (χ4v) is 2.87. The summed E-state index contributed by atoms with van der Waals surface area (Å²) >= 11 is 6.09. The summed E-state index contributed by atoms with van der Waals surface area (Å²) in [6, 6.07) is 10.7. The first-order valence-corrected chi connectivity index (χ1v) is 8.59. The highest BCUT2D eigenvalue weighted by molar-refractivity contribution is 6.31. The van der Waals surface area contributed by atoms with Crippen LogP contribution < -0.4 is 10.1 Å². The summed E-state index contributed by atoms with van der Waals surface area (Å²) < 4.78 is 10.7. The molecule has 0 saturated heterocycles. The van der Waals surface area contributed by atoms with Gasteiger partial charge in [-0.2, -0.15) is 5.10 Å². The van der Waals surface area contributed by atoms with E-state index in [2.05, 4.69) is 20.5 Å². The molecule has 3 aromatic rings. The van der Waals surface area contributed by atoms with Crippen molar-refractivity contribution in [2.75, 3.05) is 12.4 Å². The van der Waals surface area contributed by atoms with Gasteiger partial charge in [-0.05, 0) is 31.2 Å². The maximum Gasteiger partial charge on any atom is 0.303 e. The van der Waals surface area contributed by atoms with Crippen molar-refractivity contribution >= 4 is 29.1 Å². The van der Waals surface area contributed by atoms with Gasteiger partial charge in [0.05, 0.1) is 12.8 Å². The summed E-state index contributed by atoms with van der Waals surface area (Å²) in [5.41, 5.74) is 2.99. The number of ether oxygens (including phenoxy) is 2. The number of nitrogens with zero attached hydrogens (tertiary/aromatic N) is 2. The van der Waals surface area contributed by atoms with Crippen LogP contribution >= 0.6 is 11.6 Å². The summed E-state index contributed by atoms with van der Waals surface area (Å²) in [5, 5.41) is 10.9. The minimum Gasteiger partial charge on any atom is -0.497 e. The number of carbonyl (C=O) groups excluding carboxylic acids is 1. The number of carbonyl (C=O) groups is 1. The van der Waals surface area contributed by atoms with E-state index in [0.29, 0.717) is 22.3 Å². The smallest absolute Gasteiger partial charge is 0.303 e. The number of H-pyrrole nitrogens is 1. The monoisotopic (exact) mass is 386 g/mol. The molecule has 0 fully saturated rings. The van der Waals surface area contributed by atoms with Gasteiger partial charge in [0.2, 0.25) is 0 Å². The van der Waals surface area contributed by atoms with E-state index in [9.17, 15) is 4.79 Å². The van der Waals surface area contributed by atoms with Crippen molar-refractivity contribution < 1.29 is 14.3 Å². The summed E-state index contributed by atoms with van der Waals surface area (Å²) in [4.78, 5) is 15.8. The first-order valence-electron chi connectivity index (χ1n) is 8.21. The molecule has 0 aliphatic heterocycles. The van der Waals surface area contributed by atoms with E-state index in [-0.39, 0.29) is 0 Å². The number of esters is 1. The summed E-state index contributed by atoms with van der Waals surface area (Å²) in [7, 11) is 1.57. The topological polar surface area (TPSA) is 89.1 Å². The Morgan fingerprint density at radius 1 is 1.26 bits per heavy atom. The molecule has 8 heteroatoms. The predicted octanol–water partition coefficient (Wildman–Crippen LogP) is 4.17. The Morgan fingerprint density at radius 2 is 2.07 bits per heavy atom. The number of aryl methyl sites for hydroxylation is 1. The molecule has 1 aromatic carbocycles. The van der Waals surface area contributed by atoms with Crippen LogP contribution in [0, 0.1) is 6.92 Å². The second kappa shape index (κ2) is 8.09. The van der Waals surface area contributed by atoms with Crippen LogP contribution in [0.25, 0.3) is 0 Å². The molecular weight excluding hydrogens is 368 g/mol. The Bertz CT molecular complexity index is 958. The molecule has 1 atom stereocenters. The Kier molecular flexibility index (Phi) is 5.61. The molecule has 27 heavy (non-hydrogen) atoms. The number of aromatic amines is 1. The van der Waals surface area contributed by atoms with Crippen LogP contribution in [0.2, 0.25) is 5.02 Å². The van der Waals surface area contributed by atoms with Crippen molar-refractivity contribution in [1.29, 1.82) is 0 Å². The number of halogens is 1. The van der Waals surface area contributed by atoms with Gasteiger partial charge in [-0.15, -0.1) is 0 Å². The van der Waals surface area contributed by atoms with Gasteiger partial charge in [-0.3, -0.25) is 14.9 Å². The molecule has 3 rings (SSSR count). The highest BCUT2D eigenvalue weighted by Gasteiger charge is 2.20. The minimum absolute atomic E-state index is 0.391. The van der Waals surface area contributed by atoms with Crippen LogP contribution in [0.1, 0.15) is 30.0 Å². The van der Waals surface area contributed by atoms with Gasteiger partial charge in [-0.25, -0.2) is 0 Å². The summed E-state index contributed by atoms with van der Waals surface area (Å²) in [6.07, 6.45) is 1.07. The molecule has 2 heterocycles. The summed E-state index contributed by atoms with van der Waals surface area (Å²) in [6.45, 7) is 3.25. The number of methoxy groups -OCH3 is 1. The second-order valence-electron chi connectivity index (χ2n) is 5.93. The molecule has 7 nitrogen and oxygen atoms in total. The average molecular weight is 387 g/mol. The maximum absolute atomic E-state index is 11.6. The third-order valence-corrected chi connectivity index (χ3v) is 3.99. The first kappa shape index (κ1) is 18.7. The van der Waals surface area contributed by atoms with Gasteiger partial charge < -0.3 is 14.8 Å². The van der Waals surface area contributed by atoms with Crippen LogP contribution in [0.5, 0.6) is 5.75 Å². The molecule has 2 aromatic heterocycles. The SMILES string of the molecule is COc1cc(Cl)cc(Nc2cc(C(OC(C)=O)c3ccnc(C)c3)[nH]n2)c1. The molecule has 0 amide bonds. The van der Waals surface area contributed by atoms with E-state index in [1.54, 1.807) is 43.6 Å². The quantitative estimate of drug-likeness (QED) is 0.618. The van der Waals surface area contributed by atoms with E-state index < -0.39 is 12.1 Å². The van der Waals surface area contributed by atoms with Crippen molar-refractivity contribution in [3.05, 3.63) is 64.6 Å². The largest absolute Gasteiger partial charge is 0.497 e. The van der Waals surface area contributed by atoms with Crippen LogP contribution in [0.4, 0.5) is 11.5 Å². The normalized spacial score (nSPS) is 11.7. The fourth-order valence-electron chi connectivity index (χ4n) is 2.64. The summed E-state index contributed by atoms with van der Waals surface area (Å²) in [5.74, 6) is 0.793. The van der Waals surface area contributed by atoms with Gasteiger partial charge in [0, 0.05) is 47.2 Å². The number of aromatic nitrogens is 3. The third kappa shape index (κ3) is 4.77. The molecule has 0 aliphatic carbocycles. The lowest BCUT2D eigenvalue weighted by atomic mass is 10.1. The fraction of sp³-hybridized carbons (Fsp3) is 0.211. The van der Waals surface area contributed by atoms with Crippen LogP contribution in [-0.4, -0.2) is 28.3 Å². The predicted molar refractivity (Wildman–Crippen MR) is 102 cm³/mol. The molecule has 140 valence electrons. The number of pyridine rings is 1. The van der Waals surface area contributed by atoms with Gasteiger partial charge >= 0.3 is 5.97 Å². The number of anilines is 2. The van der Waals surface area contributed by atoms with E-state index in [1.807, 2.05) is 13.0 Å². The Labute approximate surface area is 161 Å². The highest BCUT2D eigenvalue weighted by Crippen LogP contribution is 2.29. The molecule has 0 saturated carbocycles. The van der Waals surface area contributed by atoms with E-state index >= 15 is 0 Å². The van der Waals surface area contributed by atoms with Crippen molar-refractivity contribution in [2.24, 2.45) is 0 Å². The number of rotatable bonds is 6. The minimum atomic E-state index is -0.610. The van der Waals surface area contributed by atoms with Crippen molar-refractivity contribution in [2.45, 2.75) is 20.0 Å². The molecule has 1 unspecified atom stereocenters. The van der Waals surface area contributed by atoms with E-state index in [1.165, 1.54) is 6.92 Å². The van der Waals surface area contributed by atoms with Crippen molar-refractivity contribution in [1.82, 2.24) is 15.2 Å². The zero-order valence-electron chi connectivity index (χ0n) is 15.1. The Balaban J connectivity index is 1.87. The van der Waals surface area contributed by atoms with Crippen LogP contribution in [-0.2, 0) is 9.53 Å². The van der Waals surface area contributed by atoms with E-state index in [0.717, 1.165) is 16.9 Å². The lowest BCUT2D eigenvalue weighted by Gasteiger charge is -2.16. The van der Waals surface area contributed by atoms with Gasteiger partial charge in [0.15, 0.2) is 11.9 Å². The number of benzene rings is 1. The molecule has 0 aliphatic rings. The van der Waals surface area contributed by atoms with Crippen LogP contribution in [0.3, 0.4) is 0 Å². The highest BCUT2D eigenvalue weighted by atomic mass is 35.5. The molecule has 0 bridgehead atoms. The zero-order chi connectivity index (χ0) is 19.4. The lowest BCUT2D eigenvalue weighted by molar-refractivity contribution is -0.144. The molecular formula is C19H19ClN4O3. The van der Waals surface area contributed by atoms with Crippen molar-refractivity contribution in [3.8, 4) is 5.75 Å². The van der Waals surface area contributed by atoms with E-state index in [4.69, 9.17) is 21.1 Å². The van der Waals surface area contributed by atoms with Crippen molar-refractivity contribution in [3.63, 3.8) is 0 Å². The second-order valence-corrected chi connectivity index (χ2v) is 6.37. The number of hydrogen-bond acceptors (Lipinski definition) is 6. The molecule has 0 spiro atoms. The first-order chi connectivity index (χ1) is 12.9. The lowest BCUT2D eigenvalue weighted by Crippen LogP contribution is -2.11. The molecule has 0 radical (unpaired) electrons. The van der Waals surface area contributed by atoms with Gasteiger partial charge in [0.25, 0.3) is 0 Å². The zero-order valence-corrected chi connectivity index (χ0v) is 15.9. The number of hydrogen-bond donors (Lipinski definition) is 2. The average Bonchev–Trinajstić information content (AvgIpc) is 3.07. The maximum atomic E-state index is 11.6. The van der Waals surface area contributed by atoms with Gasteiger partial charge in [-0.1, -0.05) is 11.6 Å². The molecule has 2 N–H and O–H groups in total.